The van der Waals surface area contributed by atoms with Gasteiger partial charge in [-0.2, -0.15) is 0 Å². The number of carboxylic acid groups (broad SMARTS) is 2. The normalized spacial score (nSPS) is 12.1. The Kier molecular flexibility index (Phi) is 18.6. The lowest BCUT2D eigenvalue weighted by Crippen LogP contribution is -2.39. The van der Waals surface area contributed by atoms with E-state index in [1.165, 1.54) is 6.21 Å². The highest BCUT2D eigenvalue weighted by atomic mass is 35.5. The molecule has 0 spiro atoms. The molecule has 6 rings (SSSR count). The molecule has 0 saturated heterocycles. The van der Waals surface area contributed by atoms with Gasteiger partial charge in [0.2, 0.25) is 0 Å². The number of hydrogen-bond donors (Lipinski definition) is 7. The molecule has 2 aromatic heterocycles. The second kappa shape index (κ2) is 24.9. The zero-order valence-electron chi connectivity index (χ0n) is 38.0. The van der Waals surface area contributed by atoms with Gasteiger partial charge in [0.15, 0.2) is 0 Å². The van der Waals surface area contributed by atoms with Gasteiger partial charge < -0.3 is 44.8 Å². The average molecular weight is 980 g/mol. The maximum absolute atomic E-state index is 11.6. The molecule has 0 unspecified atom stereocenters. The van der Waals surface area contributed by atoms with Crippen LogP contribution in [0.15, 0.2) is 103 Å². The van der Waals surface area contributed by atoms with Crippen molar-refractivity contribution in [2.24, 2.45) is 4.99 Å². The molecular weight excluding hydrogens is 927 g/mol. The summed E-state index contributed by atoms with van der Waals surface area (Å²) >= 11 is 13.5. The van der Waals surface area contributed by atoms with E-state index in [1.807, 2.05) is 56.3 Å². The number of hydrogen-bond acceptors (Lipinski definition) is 14. The van der Waals surface area contributed by atoms with Crippen molar-refractivity contribution in [3.05, 3.63) is 163 Å². The Morgan fingerprint density at radius 2 is 1.07 bits per heavy atom. The fourth-order valence-corrected chi connectivity index (χ4v) is 7.69. The first-order valence-corrected chi connectivity index (χ1v) is 22.4. The fraction of sp³-hybridized carbons (Fsp3) is 0.255. The molecule has 0 aliphatic carbocycles. The summed E-state index contributed by atoms with van der Waals surface area (Å²) < 4.78 is 25.1. The lowest BCUT2D eigenvalue weighted by molar-refractivity contribution is -0.141. The minimum absolute atomic E-state index is 0.0227. The van der Waals surface area contributed by atoms with Crippen LogP contribution in [0, 0.1) is 19.3 Å². The highest BCUT2D eigenvalue weighted by molar-refractivity contribution is 6.32. The molecular formula is C51H52Cl2N6O10. The maximum Gasteiger partial charge on any atom is 0.323 e. The van der Waals surface area contributed by atoms with Crippen LogP contribution >= 0.6 is 23.2 Å². The third-order valence-electron chi connectivity index (χ3n) is 11.1. The second-order valence-electron chi connectivity index (χ2n) is 15.8. The van der Waals surface area contributed by atoms with Crippen LogP contribution in [-0.4, -0.2) is 87.1 Å². The fourth-order valence-electron chi connectivity index (χ4n) is 7.21. The van der Waals surface area contributed by atoms with Crippen LogP contribution in [0.5, 0.6) is 23.0 Å². The first-order valence-electron chi connectivity index (χ1n) is 21.6. The van der Waals surface area contributed by atoms with Crippen molar-refractivity contribution >= 4 is 47.6 Å². The van der Waals surface area contributed by atoms with Crippen LogP contribution in [0.4, 0.5) is 0 Å². The number of carbonyl (C=O) groups is 2. The summed E-state index contributed by atoms with van der Waals surface area (Å²) in [5, 5.41) is 51.9. The number of ether oxygens (including phenoxy) is 4. The van der Waals surface area contributed by atoms with Gasteiger partial charge in [0.05, 0.1) is 23.3 Å². The van der Waals surface area contributed by atoms with Gasteiger partial charge in [-0.25, -0.2) is 0 Å². The molecule has 18 heteroatoms. The highest BCUT2D eigenvalue weighted by Gasteiger charge is 2.21. The van der Waals surface area contributed by atoms with E-state index in [4.69, 9.17) is 47.6 Å². The average Bonchev–Trinajstić information content (AvgIpc) is 3.34. The SMILES string of the molecule is C/N=C/c1cncc(COc2cc(OCc3cccc(-c4cccc(COc5cc(OCc6cncc(C=N)c6)c(CN[C@H](CO)C(=O)O)cc5Cl)c4C)c3C)c(Cl)cc2CN[C@@H](CO)C(=O)O)c1. The number of rotatable bonds is 25. The van der Waals surface area contributed by atoms with Crippen LogP contribution in [0.25, 0.3) is 11.1 Å². The summed E-state index contributed by atoms with van der Waals surface area (Å²) in [5.74, 6) is -0.965. The van der Waals surface area contributed by atoms with Crippen molar-refractivity contribution in [2.75, 3.05) is 20.3 Å². The van der Waals surface area contributed by atoms with E-state index < -0.39 is 37.2 Å². The summed E-state index contributed by atoms with van der Waals surface area (Å²) in [7, 11) is 1.67. The van der Waals surface area contributed by atoms with E-state index >= 15 is 0 Å². The van der Waals surface area contributed by atoms with Crippen LogP contribution in [0.1, 0.15) is 55.6 Å². The Hall–Kier alpha value is -6.92. The molecule has 7 N–H and O–H groups in total. The van der Waals surface area contributed by atoms with Gasteiger partial charge in [0, 0.05) is 103 Å². The number of pyridine rings is 2. The molecule has 6 aromatic rings. The highest BCUT2D eigenvalue weighted by Crippen LogP contribution is 2.37. The monoisotopic (exact) mass is 978 g/mol. The Labute approximate surface area is 409 Å². The predicted molar refractivity (Wildman–Crippen MR) is 262 cm³/mol. The molecule has 360 valence electrons. The minimum Gasteiger partial charge on any atom is -0.488 e. The molecule has 2 heterocycles. The van der Waals surface area contributed by atoms with Crippen molar-refractivity contribution in [1.82, 2.24) is 20.6 Å². The van der Waals surface area contributed by atoms with Crippen LogP contribution in [-0.2, 0) is 49.1 Å². The zero-order valence-corrected chi connectivity index (χ0v) is 39.6. The first kappa shape index (κ1) is 51.5. The number of benzene rings is 4. The Balaban J connectivity index is 1.20. The first-order chi connectivity index (χ1) is 33.3. The number of aromatic nitrogens is 2. The van der Waals surface area contributed by atoms with Crippen molar-refractivity contribution < 1.29 is 49.0 Å². The van der Waals surface area contributed by atoms with Gasteiger partial charge in [-0.3, -0.25) is 35.2 Å². The number of nitrogens with zero attached hydrogens (tertiary/aromatic N) is 3. The number of nitrogens with one attached hydrogen (secondary N) is 3. The summed E-state index contributed by atoms with van der Waals surface area (Å²) in [6, 6.07) is 19.7. The number of halogens is 2. The van der Waals surface area contributed by atoms with Gasteiger partial charge in [0.1, 0.15) is 61.5 Å². The number of carboxylic acids is 2. The molecule has 0 amide bonds. The van der Waals surface area contributed by atoms with Crippen LogP contribution in [0.3, 0.4) is 0 Å². The van der Waals surface area contributed by atoms with Gasteiger partial charge in [-0.15, -0.1) is 0 Å². The zero-order chi connectivity index (χ0) is 49.5. The Morgan fingerprint density at radius 1 is 0.638 bits per heavy atom. The van der Waals surface area contributed by atoms with Crippen LogP contribution < -0.4 is 29.6 Å². The molecule has 0 radical (unpaired) electrons. The molecule has 0 saturated carbocycles. The summed E-state index contributed by atoms with van der Waals surface area (Å²) in [6.45, 7) is 3.39. The standard InChI is InChI=1S/C51H52Cl2N6O10/c1-30-36(28-68-48-14-46(66-26-34-10-32(16-54)18-56-20-34)38(12-42(48)52)22-58-44(24-60)50(62)63)6-4-8-40(30)41-9-5-7-37(31(41)2)29-69-49-15-47(67-27-35-11-33(17-55-3)19-57-21-35)39(13-43(49)53)23-59-45(25-61)51(64)65/h4-21,44-45,54,58-61H,22-29H2,1-3H3,(H,62,63)(H,64,65)/b54-16?,55-17+/t44-,45+/m1/s1. The lowest BCUT2D eigenvalue weighted by atomic mass is 9.92. The van der Waals surface area contributed by atoms with Crippen molar-refractivity contribution in [3.8, 4) is 34.1 Å². The third kappa shape index (κ3) is 13.8. The summed E-state index contributed by atoms with van der Waals surface area (Å²) in [5.41, 5.74) is 9.66. The van der Waals surface area contributed by atoms with Gasteiger partial charge in [-0.1, -0.05) is 59.6 Å². The largest absolute Gasteiger partial charge is 0.488 e. The maximum atomic E-state index is 11.6. The summed E-state index contributed by atoms with van der Waals surface area (Å²) in [6.07, 6.45) is 9.41. The number of aliphatic hydroxyl groups excluding tert-OH is 2. The molecule has 4 aromatic carbocycles. The lowest BCUT2D eigenvalue weighted by Gasteiger charge is -2.19. The number of aliphatic carboxylic acids is 2. The van der Waals surface area contributed by atoms with E-state index in [9.17, 15) is 30.0 Å². The second-order valence-corrected chi connectivity index (χ2v) is 16.6. The quantitative estimate of drug-likeness (QED) is 0.0275. The van der Waals surface area contributed by atoms with Crippen LogP contribution in [0.2, 0.25) is 10.0 Å². The Bertz CT molecular complexity index is 2810. The predicted octanol–water partition coefficient (Wildman–Crippen LogP) is 7.50. The molecule has 16 nitrogen and oxygen atoms in total. The van der Waals surface area contributed by atoms with Crippen molar-refractivity contribution in [2.45, 2.75) is 65.4 Å². The van der Waals surface area contributed by atoms with E-state index in [0.29, 0.717) is 45.3 Å². The van der Waals surface area contributed by atoms with Crippen molar-refractivity contribution in [1.29, 1.82) is 5.41 Å². The van der Waals surface area contributed by atoms with Gasteiger partial charge in [0.25, 0.3) is 0 Å². The molecule has 0 aliphatic heterocycles. The molecule has 0 bridgehead atoms. The van der Waals surface area contributed by atoms with E-state index in [1.54, 1.807) is 68.4 Å². The van der Waals surface area contributed by atoms with E-state index in [-0.39, 0.29) is 49.6 Å². The number of aliphatic hydroxyl groups is 2. The Morgan fingerprint density at radius 3 is 1.49 bits per heavy atom. The molecule has 0 aliphatic rings. The van der Waals surface area contributed by atoms with Gasteiger partial charge in [-0.05, 0) is 71.5 Å². The summed E-state index contributed by atoms with van der Waals surface area (Å²) in [4.78, 5) is 35.7. The third-order valence-corrected chi connectivity index (χ3v) is 11.7. The van der Waals surface area contributed by atoms with Gasteiger partial charge >= 0.3 is 11.9 Å². The van der Waals surface area contributed by atoms with E-state index in [2.05, 4.69) is 25.6 Å². The van der Waals surface area contributed by atoms with E-state index in [0.717, 1.165) is 44.5 Å². The molecule has 2 atom stereocenters. The minimum atomic E-state index is -1.21. The smallest absolute Gasteiger partial charge is 0.323 e. The number of aliphatic imine (C=N–C) groups is 1. The van der Waals surface area contributed by atoms with Crippen molar-refractivity contribution in [3.63, 3.8) is 0 Å². The topological polar surface area (TPSA) is 238 Å². The molecule has 0 fully saturated rings. The molecule has 69 heavy (non-hydrogen) atoms.